The minimum atomic E-state index is -4.52. The summed E-state index contributed by atoms with van der Waals surface area (Å²) in [6, 6.07) is 4.01. The number of aryl methyl sites for hydroxylation is 1. The first-order valence-electron chi connectivity index (χ1n) is 11.8. The van der Waals surface area contributed by atoms with E-state index in [-0.39, 0.29) is 11.8 Å². The Labute approximate surface area is 202 Å². The molecule has 1 aliphatic rings. The minimum absolute atomic E-state index is 0.0601. The van der Waals surface area contributed by atoms with Crippen LogP contribution in [0.4, 0.5) is 19.0 Å². The number of rotatable bonds is 5. The number of pyridine rings is 1. The second-order valence-corrected chi connectivity index (χ2v) is 9.96. The van der Waals surface area contributed by atoms with E-state index < -0.39 is 23.3 Å². The van der Waals surface area contributed by atoms with Crippen LogP contribution in [0.25, 0.3) is 16.9 Å². The van der Waals surface area contributed by atoms with Crippen molar-refractivity contribution in [1.29, 1.82) is 0 Å². The van der Waals surface area contributed by atoms with Crippen molar-refractivity contribution in [2.24, 2.45) is 11.3 Å². The van der Waals surface area contributed by atoms with Crippen LogP contribution in [0.2, 0.25) is 0 Å². The molecule has 1 N–H and O–H groups in total. The van der Waals surface area contributed by atoms with Crippen molar-refractivity contribution in [3.05, 3.63) is 41.3 Å². The first-order valence-corrected chi connectivity index (χ1v) is 11.8. The van der Waals surface area contributed by atoms with Gasteiger partial charge in [0.15, 0.2) is 5.65 Å². The summed E-state index contributed by atoms with van der Waals surface area (Å²) in [7, 11) is 0. The van der Waals surface area contributed by atoms with Crippen LogP contribution < -0.4 is 4.90 Å². The largest absolute Gasteiger partial charge is 0.481 e. The number of halogens is 3. The lowest BCUT2D eigenvalue weighted by atomic mass is 9.71. The Morgan fingerprint density at radius 3 is 2.46 bits per heavy atom. The smallest absolute Gasteiger partial charge is 0.433 e. The van der Waals surface area contributed by atoms with Crippen molar-refractivity contribution in [1.82, 2.24) is 19.6 Å². The second-order valence-electron chi connectivity index (χ2n) is 9.96. The van der Waals surface area contributed by atoms with Crippen molar-refractivity contribution < 1.29 is 23.1 Å². The monoisotopic (exact) mass is 489 g/mol. The summed E-state index contributed by atoms with van der Waals surface area (Å²) in [4.78, 5) is 22.8. The molecule has 1 saturated heterocycles. The number of carboxylic acid groups (broad SMARTS) is 1. The van der Waals surface area contributed by atoms with E-state index in [1.165, 1.54) is 6.07 Å². The molecule has 3 aromatic heterocycles. The van der Waals surface area contributed by atoms with E-state index in [0.717, 1.165) is 35.8 Å². The molecule has 7 nitrogen and oxygen atoms in total. The first-order chi connectivity index (χ1) is 16.3. The van der Waals surface area contributed by atoms with E-state index in [0.29, 0.717) is 36.4 Å². The second kappa shape index (κ2) is 8.80. The number of hydrogen-bond donors (Lipinski definition) is 1. The highest BCUT2D eigenvalue weighted by Crippen LogP contribution is 2.41. The van der Waals surface area contributed by atoms with Crippen LogP contribution in [0, 0.1) is 18.3 Å². The molecule has 3 aromatic rings. The van der Waals surface area contributed by atoms with Crippen LogP contribution in [0.15, 0.2) is 24.4 Å². The normalized spacial score (nSPS) is 19.2. The third kappa shape index (κ3) is 4.34. The Morgan fingerprint density at radius 1 is 1.20 bits per heavy atom. The fourth-order valence-corrected chi connectivity index (χ4v) is 5.11. The van der Waals surface area contributed by atoms with Crippen molar-refractivity contribution in [3.8, 4) is 11.3 Å². The van der Waals surface area contributed by atoms with Gasteiger partial charge in [0.2, 0.25) is 0 Å². The number of hydrogen-bond acceptors (Lipinski definition) is 5. The van der Waals surface area contributed by atoms with Gasteiger partial charge in [-0.3, -0.25) is 9.78 Å². The summed E-state index contributed by atoms with van der Waals surface area (Å²) < 4.78 is 40.6. The molecule has 0 radical (unpaired) electrons. The maximum Gasteiger partial charge on any atom is 0.433 e. The van der Waals surface area contributed by atoms with E-state index in [9.17, 15) is 23.1 Å². The fraction of sp³-hybridized carbons (Fsp3) is 0.520. The molecule has 0 spiro atoms. The molecule has 0 unspecified atom stereocenters. The number of aliphatic carboxylic acids is 1. The third-order valence-electron chi connectivity index (χ3n) is 7.09. The molecule has 1 aliphatic heterocycles. The molecule has 4 heterocycles. The molecule has 4 rings (SSSR count). The number of alkyl halides is 3. The maximum atomic E-state index is 12.9. The number of carbonyl (C=O) groups is 1. The topological polar surface area (TPSA) is 83.6 Å². The first kappa shape index (κ1) is 24.9. The number of anilines is 1. The number of fused-ring (bicyclic) bond motifs is 1. The zero-order valence-corrected chi connectivity index (χ0v) is 20.5. The van der Waals surface area contributed by atoms with Crippen molar-refractivity contribution >= 4 is 17.4 Å². The number of piperidine rings is 1. The fourth-order valence-electron chi connectivity index (χ4n) is 5.11. The molecule has 0 amide bonds. The summed E-state index contributed by atoms with van der Waals surface area (Å²) in [5, 5.41) is 14.9. The number of nitrogens with zero attached hydrogens (tertiary/aromatic N) is 5. The molecular weight excluding hydrogens is 459 g/mol. The lowest BCUT2D eigenvalue weighted by Gasteiger charge is -2.44. The molecule has 188 valence electrons. The molecule has 1 fully saturated rings. The predicted molar refractivity (Wildman–Crippen MR) is 126 cm³/mol. The molecule has 0 bridgehead atoms. The van der Waals surface area contributed by atoms with Crippen LogP contribution in [-0.4, -0.2) is 43.7 Å². The van der Waals surface area contributed by atoms with Gasteiger partial charge in [-0.25, -0.2) is 4.98 Å². The summed E-state index contributed by atoms with van der Waals surface area (Å²) in [6.07, 6.45) is -2.03. The quantitative estimate of drug-likeness (QED) is 0.505. The zero-order chi connectivity index (χ0) is 25.7. The van der Waals surface area contributed by atoms with Crippen molar-refractivity contribution in [3.63, 3.8) is 0 Å². The lowest BCUT2D eigenvalue weighted by molar-refractivity contribution is -0.152. The Balaban J connectivity index is 1.87. The highest BCUT2D eigenvalue weighted by molar-refractivity contribution is 5.77. The van der Waals surface area contributed by atoms with E-state index in [1.807, 2.05) is 20.8 Å². The van der Waals surface area contributed by atoms with Crippen LogP contribution in [0.5, 0.6) is 0 Å². The summed E-state index contributed by atoms with van der Waals surface area (Å²) in [5.41, 5.74) is 1.38. The van der Waals surface area contributed by atoms with Gasteiger partial charge in [0.25, 0.3) is 0 Å². The molecule has 0 saturated carbocycles. The molecule has 35 heavy (non-hydrogen) atoms. The Morgan fingerprint density at radius 2 is 1.91 bits per heavy atom. The van der Waals surface area contributed by atoms with E-state index in [1.54, 1.807) is 10.6 Å². The Kier molecular flexibility index (Phi) is 6.27. The maximum absolute atomic E-state index is 12.9. The number of carboxylic acids is 1. The molecular formula is C25H30F3N5O2. The highest BCUT2D eigenvalue weighted by Gasteiger charge is 2.46. The summed E-state index contributed by atoms with van der Waals surface area (Å²) >= 11 is 0. The zero-order valence-electron chi connectivity index (χ0n) is 20.5. The molecule has 0 aliphatic carbocycles. The highest BCUT2D eigenvalue weighted by atomic mass is 19.4. The van der Waals surface area contributed by atoms with Gasteiger partial charge in [0.05, 0.1) is 11.1 Å². The van der Waals surface area contributed by atoms with Crippen LogP contribution in [-0.2, 0) is 11.0 Å². The SMILES string of the molecule is Cc1nc2cc(-c3ccc(C(F)(F)F)nc3)nn2c(N2CCC[C@](C(=O)O)(C(C)C)C2)c1C(C)C. The van der Waals surface area contributed by atoms with Gasteiger partial charge in [-0.15, -0.1) is 0 Å². The van der Waals surface area contributed by atoms with E-state index in [4.69, 9.17) is 10.1 Å². The lowest BCUT2D eigenvalue weighted by Crippen LogP contribution is -2.51. The standard InChI is InChI=1S/C25H30F3N5O2/c1-14(2)21-16(5)30-20-11-18(17-7-8-19(29-12-17)25(26,27)28)31-33(20)22(21)32-10-6-9-24(13-32,15(3)4)23(34)35/h7-8,11-12,14-15H,6,9-10,13H2,1-5H3,(H,34,35)/t24-/m1/s1. The average Bonchev–Trinajstić information content (AvgIpc) is 3.20. The van der Waals surface area contributed by atoms with Gasteiger partial charge in [0.1, 0.15) is 11.5 Å². The van der Waals surface area contributed by atoms with Gasteiger partial charge in [-0.05, 0) is 43.7 Å². The van der Waals surface area contributed by atoms with E-state index in [2.05, 4.69) is 23.7 Å². The summed E-state index contributed by atoms with van der Waals surface area (Å²) in [6.45, 7) is 10.9. The van der Waals surface area contributed by atoms with Gasteiger partial charge >= 0.3 is 12.1 Å². The summed E-state index contributed by atoms with van der Waals surface area (Å²) in [5.74, 6) is 0.0273. The van der Waals surface area contributed by atoms with Gasteiger partial charge in [-0.1, -0.05) is 27.7 Å². The molecule has 0 aromatic carbocycles. The van der Waals surface area contributed by atoms with Crippen LogP contribution in [0.1, 0.15) is 63.4 Å². The molecule has 10 heteroatoms. The third-order valence-corrected chi connectivity index (χ3v) is 7.09. The van der Waals surface area contributed by atoms with Gasteiger partial charge < -0.3 is 10.0 Å². The van der Waals surface area contributed by atoms with E-state index >= 15 is 0 Å². The van der Waals surface area contributed by atoms with Crippen LogP contribution in [0.3, 0.4) is 0 Å². The Hall–Kier alpha value is -3.17. The van der Waals surface area contributed by atoms with Gasteiger partial charge in [0, 0.05) is 42.2 Å². The average molecular weight is 490 g/mol. The predicted octanol–water partition coefficient (Wildman–Crippen LogP) is 5.57. The van der Waals surface area contributed by atoms with Gasteiger partial charge in [-0.2, -0.15) is 22.8 Å². The van der Waals surface area contributed by atoms with Crippen LogP contribution >= 0.6 is 0 Å². The number of aromatic nitrogens is 4. The van der Waals surface area contributed by atoms with Crippen molar-refractivity contribution in [2.75, 3.05) is 18.0 Å². The van der Waals surface area contributed by atoms with Crippen molar-refractivity contribution in [2.45, 2.75) is 59.6 Å². The molecule has 1 atom stereocenters. The Bertz CT molecular complexity index is 1250. The minimum Gasteiger partial charge on any atom is -0.481 e.